The van der Waals surface area contributed by atoms with Gasteiger partial charge in [-0.05, 0) is 67.1 Å². The van der Waals surface area contributed by atoms with E-state index in [4.69, 9.17) is 5.53 Å². The number of rotatable bonds is 0. The number of nitrogens with zero attached hydrogens (tertiary/aromatic N) is 2. The minimum atomic E-state index is -0.198. The van der Waals surface area contributed by atoms with E-state index in [1.165, 1.54) is 5.57 Å². The van der Waals surface area contributed by atoms with Crippen molar-refractivity contribution in [2.75, 3.05) is 0 Å². The van der Waals surface area contributed by atoms with Gasteiger partial charge < -0.3 is 5.53 Å². The number of ketones is 2. The summed E-state index contributed by atoms with van der Waals surface area (Å²) in [6.07, 6.45) is 9.10. The summed E-state index contributed by atoms with van der Waals surface area (Å²) >= 11 is 0. The smallest absolute Gasteiger partial charge is 0.361 e. The Morgan fingerprint density at radius 1 is 1.18 bits per heavy atom. The summed E-state index contributed by atoms with van der Waals surface area (Å²) < 4.78 is 0. The van der Waals surface area contributed by atoms with Crippen molar-refractivity contribution in [3.05, 3.63) is 28.8 Å². The lowest BCUT2D eigenvalue weighted by molar-refractivity contribution is -0.129. The van der Waals surface area contributed by atoms with Crippen molar-refractivity contribution < 1.29 is 14.4 Å². The molecular formula is C18H20N2O2. The van der Waals surface area contributed by atoms with E-state index in [1.807, 2.05) is 0 Å². The molecule has 22 heavy (non-hydrogen) atoms. The minimum absolute atomic E-state index is 0.124. The molecule has 0 N–H and O–H groups in total. The molecule has 4 aliphatic carbocycles. The third-order valence-electron chi connectivity index (χ3n) is 6.62. The lowest BCUT2D eigenvalue weighted by Gasteiger charge is -2.49. The molecule has 4 aliphatic rings. The Hall–Kier alpha value is -1.80. The average Bonchev–Trinajstić information content (AvgIpc) is 2.82. The number of carbonyl (C=O) groups excluding carboxylic acids is 2. The van der Waals surface area contributed by atoms with E-state index in [1.54, 1.807) is 12.2 Å². The summed E-state index contributed by atoms with van der Waals surface area (Å²) in [6, 6.07) is 0. The molecule has 0 aromatic heterocycles. The molecule has 0 unspecified atom stereocenters. The Labute approximate surface area is 129 Å². The first-order valence-electron chi connectivity index (χ1n) is 8.27. The van der Waals surface area contributed by atoms with E-state index in [-0.39, 0.29) is 16.9 Å². The molecule has 4 heteroatoms. The van der Waals surface area contributed by atoms with Gasteiger partial charge in [-0.25, -0.2) is 0 Å². The zero-order chi connectivity index (χ0) is 15.5. The van der Waals surface area contributed by atoms with E-state index < -0.39 is 0 Å². The summed E-state index contributed by atoms with van der Waals surface area (Å²) in [6.45, 7) is 2.16. The highest BCUT2D eigenvalue weighted by Crippen LogP contribution is 2.59. The van der Waals surface area contributed by atoms with E-state index in [0.717, 1.165) is 44.1 Å². The summed E-state index contributed by atoms with van der Waals surface area (Å²) in [7, 11) is 0. The minimum Gasteiger partial charge on any atom is -0.361 e. The van der Waals surface area contributed by atoms with Crippen LogP contribution in [-0.4, -0.2) is 22.1 Å². The maximum Gasteiger partial charge on any atom is 0.362 e. The van der Waals surface area contributed by atoms with Crippen LogP contribution in [0.2, 0.25) is 0 Å². The predicted molar refractivity (Wildman–Crippen MR) is 81.1 cm³/mol. The molecule has 114 valence electrons. The van der Waals surface area contributed by atoms with Crippen molar-refractivity contribution in [3.63, 3.8) is 0 Å². The fourth-order valence-corrected chi connectivity index (χ4v) is 5.44. The molecule has 0 amide bonds. The molecular weight excluding hydrogens is 276 g/mol. The van der Waals surface area contributed by atoms with Crippen molar-refractivity contribution in [1.82, 2.24) is 0 Å². The zero-order valence-electron chi connectivity index (χ0n) is 12.8. The van der Waals surface area contributed by atoms with Gasteiger partial charge in [0.15, 0.2) is 0 Å². The molecule has 3 saturated carbocycles. The molecule has 0 saturated heterocycles. The van der Waals surface area contributed by atoms with E-state index in [2.05, 4.69) is 11.7 Å². The van der Waals surface area contributed by atoms with Gasteiger partial charge in [-0.2, -0.15) is 4.79 Å². The van der Waals surface area contributed by atoms with Gasteiger partial charge in [0.1, 0.15) is 5.78 Å². The Bertz CT molecular complexity index is 696. The molecule has 0 aliphatic heterocycles. The molecule has 0 aromatic carbocycles. The van der Waals surface area contributed by atoms with E-state index >= 15 is 0 Å². The summed E-state index contributed by atoms with van der Waals surface area (Å²) in [5.41, 5.74) is 11.3. The number of hydrogen-bond donors (Lipinski definition) is 0. The number of hydrogen-bond acceptors (Lipinski definition) is 2. The Kier molecular flexibility index (Phi) is 2.89. The standard InChI is InChI=1S/C18H20N2O2/c1-18-7-6-11-12(14(18)4-5-17(18)22)3-2-10-8-16(21)15(20-19)9-13(10)11/h8-9,11-12,14H,2-7H2,1H3/t11-,12+,14-,18-/m0/s1. The summed E-state index contributed by atoms with van der Waals surface area (Å²) in [4.78, 5) is 27.3. The molecule has 4 nitrogen and oxygen atoms in total. The van der Waals surface area contributed by atoms with Crippen molar-refractivity contribution in [2.45, 2.75) is 45.4 Å². The van der Waals surface area contributed by atoms with Crippen LogP contribution in [0.4, 0.5) is 0 Å². The Balaban J connectivity index is 1.73. The van der Waals surface area contributed by atoms with Crippen LogP contribution >= 0.6 is 0 Å². The first kappa shape index (κ1) is 13.8. The molecule has 0 radical (unpaired) electrons. The fourth-order valence-electron chi connectivity index (χ4n) is 5.44. The van der Waals surface area contributed by atoms with Gasteiger partial charge >= 0.3 is 5.71 Å². The molecule has 0 aromatic rings. The van der Waals surface area contributed by atoms with Gasteiger partial charge in [0.25, 0.3) is 5.78 Å². The molecule has 4 rings (SSSR count). The second kappa shape index (κ2) is 4.60. The van der Waals surface area contributed by atoms with Crippen LogP contribution in [0.5, 0.6) is 0 Å². The van der Waals surface area contributed by atoms with Gasteiger partial charge in [-0.1, -0.05) is 6.92 Å². The highest BCUT2D eigenvalue weighted by atomic mass is 16.1. The van der Waals surface area contributed by atoms with Crippen molar-refractivity contribution in [3.8, 4) is 0 Å². The van der Waals surface area contributed by atoms with Crippen LogP contribution in [0.1, 0.15) is 45.4 Å². The first-order valence-corrected chi connectivity index (χ1v) is 8.27. The molecule has 4 atom stereocenters. The second-order valence-corrected chi connectivity index (χ2v) is 7.45. The Morgan fingerprint density at radius 2 is 2.00 bits per heavy atom. The highest BCUT2D eigenvalue weighted by Gasteiger charge is 2.55. The normalized spacial score (nSPS) is 40.2. The summed E-state index contributed by atoms with van der Waals surface area (Å²) in [5, 5.41) is 0. The molecule has 0 heterocycles. The topological polar surface area (TPSA) is 70.5 Å². The van der Waals surface area contributed by atoms with Gasteiger partial charge in [0, 0.05) is 17.9 Å². The maximum absolute atomic E-state index is 12.3. The van der Waals surface area contributed by atoms with Crippen molar-refractivity contribution in [1.29, 1.82) is 0 Å². The molecule has 0 spiro atoms. The maximum atomic E-state index is 12.3. The first-order chi connectivity index (χ1) is 10.5. The fraction of sp³-hybridized carbons (Fsp3) is 0.611. The highest BCUT2D eigenvalue weighted by molar-refractivity contribution is 6.47. The van der Waals surface area contributed by atoms with Crippen LogP contribution in [0, 0.1) is 23.2 Å². The largest absolute Gasteiger partial charge is 0.362 e. The second-order valence-electron chi connectivity index (χ2n) is 7.45. The number of allylic oxidation sites excluding steroid dienone is 4. The Morgan fingerprint density at radius 3 is 2.77 bits per heavy atom. The number of fused-ring (bicyclic) bond motifs is 5. The van der Waals surface area contributed by atoms with Gasteiger partial charge in [-0.3, -0.25) is 9.59 Å². The van der Waals surface area contributed by atoms with E-state index in [9.17, 15) is 9.59 Å². The monoisotopic (exact) mass is 296 g/mol. The zero-order valence-corrected chi connectivity index (χ0v) is 12.8. The SMILES string of the molecule is C[C@]12CC[C@@H]3C4=CC(=[N+]=[N-])C(=O)C=C4CC[C@H]3[C@@H]1CCC2=O. The molecule has 0 bridgehead atoms. The van der Waals surface area contributed by atoms with Gasteiger partial charge in [-0.15, -0.1) is 0 Å². The van der Waals surface area contributed by atoms with Crippen LogP contribution in [-0.2, 0) is 9.59 Å². The lowest BCUT2D eigenvalue weighted by Crippen LogP contribution is -2.44. The predicted octanol–water partition coefficient (Wildman–Crippen LogP) is 2.90. The van der Waals surface area contributed by atoms with Crippen LogP contribution < -0.4 is 0 Å². The summed E-state index contributed by atoms with van der Waals surface area (Å²) in [5.74, 6) is 1.67. The van der Waals surface area contributed by atoms with Crippen molar-refractivity contribution in [2.24, 2.45) is 23.2 Å². The third-order valence-corrected chi connectivity index (χ3v) is 6.62. The van der Waals surface area contributed by atoms with Crippen molar-refractivity contribution >= 4 is 17.3 Å². The lowest BCUT2D eigenvalue weighted by atomic mass is 9.54. The van der Waals surface area contributed by atoms with Gasteiger partial charge in [0.05, 0.1) is 0 Å². The van der Waals surface area contributed by atoms with Crippen LogP contribution in [0.3, 0.4) is 0 Å². The third kappa shape index (κ3) is 1.70. The average molecular weight is 296 g/mol. The number of Topliss-reactive ketones (excluding diaryl/α,β-unsaturated/α-hetero) is 1. The van der Waals surface area contributed by atoms with E-state index in [0.29, 0.717) is 23.5 Å². The van der Waals surface area contributed by atoms with Crippen LogP contribution in [0.15, 0.2) is 23.3 Å². The molecule has 3 fully saturated rings. The van der Waals surface area contributed by atoms with Gasteiger partial charge in [0.2, 0.25) is 0 Å². The van der Waals surface area contributed by atoms with Crippen LogP contribution in [0.25, 0.3) is 5.53 Å². The quantitative estimate of drug-likeness (QED) is 0.392. The number of carbonyl (C=O) groups is 2.